The molecule has 0 heterocycles. The van der Waals surface area contributed by atoms with Gasteiger partial charge in [0.2, 0.25) is 0 Å². The fourth-order valence-electron chi connectivity index (χ4n) is 0. The summed E-state index contributed by atoms with van der Waals surface area (Å²) < 4.78 is 34.4. The molecule has 32 valence electrons. The molecule has 0 aliphatic heterocycles. The first-order valence-corrected chi connectivity index (χ1v) is 2.75. The molecule has 0 aliphatic rings. The van der Waals surface area contributed by atoms with Gasteiger partial charge in [-0.2, -0.15) is 0 Å². The molecular weight excluding hydrogens is 115 g/mol. The van der Waals surface area contributed by atoms with Crippen LogP contribution in [0.15, 0.2) is 0 Å². The molecule has 0 radical (unpaired) electrons. The van der Waals surface area contributed by atoms with E-state index in [9.17, 15) is 0 Å². The molecule has 0 aliphatic carbocycles. The van der Waals surface area contributed by atoms with Crippen LogP contribution in [0.5, 0.6) is 0 Å². The number of rotatable bonds is 0. The van der Waals surface area contributed by atoms with Gasteiger partial charge in [-0.25, -0.2) is 0 Å². The third kappa shape index (κ3) is 6200. The minimum atomic E-state index is -5.75. The van der Waals surface area contributed by atoms with Crippen molar-refractivity contribution in [3.05, 3.63) is 0 Å². The quantitative estimate of drug-likeness (QED) is 0.346. The monoisotopic (exact) mass is 115 g/mol. The Morgan fingerprint density at radius 3 is 1.20 bits per heavy atom. The maximum atomic E-state index is 8.59. The van der Waals surface area contributed by atoms with E-state index in [-0.39, 0.29) is 0 Å². The molecule has 0 saturated heterocycles. The van der Waals surface area contributed by atoms with Crippen molar-refractivity contribution in [2.45, 2.75) is 0 Å². The maximum absolute atomic E-state index is 8.59. The Morgan fingerprint density at radius 1 is 1.20 bits per heavy atom. The summed E-state index contributed by atoms with van der Waals surface area (Å²) in [5.41, 5.74) is 0. The van der Waals surface area contributed by atoms with Crippen molar-refractivity contribution >= 4 is 0 Å². The zero-order valence-electron chi connectivity index (χ0n) is 2.04. The van der Waals surface area contributed by atoms with Gasteiger partial charge in [-0.1, -0.05) is 0 Å². The van der Waals surface area contributed by atoms with Crippen LogP contribution in [0, 0.1) is 0 Å². The van der Waals surface area contributed by atoms with Gasteiger partial charge in [0.05, 0.1) is 0 Å². The predicted molar refractivity (Wildman–Crippen MR) is 1.37 cm³/mol. The van der Waals surface area contributed by atoms with Gasteiger partial charge in [0.25, 0.3) is 0 Å². The normalized spacial score (nSPS) is 11.6. The molecule has 0 spiro atoms. The Morgan fingerprint density at radius 2 is 1.20 bits per heavy atom. The van der Waals surface area contributed by atoms with Crippen molar-refractivity contribution in [1.29, 1.82) is 0 Å². The third-order valence-corrected chi connectivity index (χ3v) is 0. The molecule has 0 atom stereocenters. The van der Waals surface area contributed by atoms with Crippen molar-refractivity contribution in [3.8, 4) is 0 Å². The molecule has 0 rings (SSSR count). The molecule has 0 saturated carbocycles. The first-order chi connectivity index (χ1) is 2.00. The van der Waals surface area contributed by atoms with Crippen LogP contribution in [0.3, 0.4) is 0 Å². The molecule has 0 fully saturated rings. The molecule has 0 aromatic heterocycles. The summed E-state index contributed by atoms with van der Waals surface area (Å²) in [7, 11) is 0. The molecule has 0 aromatic rings. The van der Waals surface area contributed by atoms with E-state index >= 15 is 0 Å². The van der Waals surface area contributed by atoms with E-state index in [0.717, 1.165) is 0 Å². The molecule has 0 amide bonds. The molecule has 5 heavy (non-hydrogen) atoms. The first kappa shape index (κ1) is 5.05. The van der Waals surface area contributed by atoms with Gasteiger partial charge in [-0.15, -0.1) is 0 Å². The number of hydrogen-bond donors (Lipinski definition) is 0. The van der Waals surface area contributed by atoms with Crippen molar-refractivity contribution in [2.75, 3.05) is 0 Å². The molecule has 0 aromatic carbocycles. The molecule has 0 N–H and O–H groups in total. The Hall–Kier alpha value is 0.0525. The SMILES string of the molecule is [O]=[51Cr](=[O])([O-])[O-]. The van der Waals surface area contributed by atoms with Gasteiger partial charge in [0, 0.05) is 0 Å². The number of hydrogen-bond acceptors (Lipinski definition) is 4. The van der Waals surface area contributed by atoms with Crippen LogP contribution in [0.4, 0.5) is 0 Å². The molecular formula is CrO4-2. The van der Waals surface area contributed by atoms with Gasteiger partial charge in [-0.05, 0) is 0 Å². The van der Waals surface area contributed by atoms with Gasteiger partial charge in [0.15, 0.2) is 0 Å². The van der Waals surface area contributed by atoms with Crippen LogP contribution in [0.2, 0.25) is 0 Å². The topological polar surface area (TPSA) is 80.3 Å². The third-order valence-electron chi connectivity index (χ3n) is 0. The Balaban J connectivity index is 4.06. The van der Waals surface area contributed by atoms with Crippen molar-refractivity contribution in [1.82, 2.24) is 0 Å². The average molecular weight is 115 g/mol. The van der Waals surface area contributed by atoms with E-state index in [2.05, 4.69) is 0 Å². The van der Waals surface area contributed by atoms with E-state index in [1.807, 2.05) is 0 Å². The summed E-state index contributed by atoms with van der Waals surface area (Å²) in [6.07, 6.45) is 0. The zero-order chi connectivity index (χ0) is 4.50. The second-order valence-electron chi connectivity index (χ2n) is 0.408. The van der Waals surface area contributed by atoms with Gasteiger partial charge in [0.1, 0.15) is 0 Å². The summed E-state index contributed by atoms with van der Waals surface area (Å²) in [6, 6.07) is 0. The summed E-state index contributed by atoms with van der Waals surface area (Å²) in [5.74, 6) is 0. The predicted octanol–water partition coefficient (Wildman–Crippen LogP) is -2.62. The standard InChI is InChI=1S/Cr.4O/q;;;2*-1/i1-1;;;;. The fourth-order valence-corrected chi connectivity index (χ4v) is 0. The minimum absolute atomic E-state index is 5.75. The Bertz CT molecular complexity index is 86.8. The first-order valence-electron chi connectivity index (χ1n) is 0.667. The van der Waals surface area contributed by atoms with Crippen LogP contribution in [0.25, 0.3) is 0 Å². The zero-order valence-corrected chi connectivity index (χ0v) is 3.32. The van der Waals surface area contributed by atoms with E-state index in [1.165, 1.54) is 0 Å². The van der Waals surface area contributed by atoms with Crippen molar-refractivity contribution in [3.63, 3.8) is 0 Å². The average Bonchev–Trinajstić information content (AvgIpc) is 0.722. The molecule has 0 bridgehead atoms. The summed E-state index contributed by atoms with van der Waals surface area (Å²) in [5, 5.41) is 0. The molecule has 5 heteroatoms. The van der Waals surface area contributed by atoms with Crippen LogP contribution >= 0.6 is 0 Å². The summed E-state index contributed by atoms with van der Waals surface area (Å²) in [6.45, 7) is 0. The second kappa shape index (κ2) is 1.03. The molecule has 0 unspecified atom stereocenters. The van der Waals surface area contributed by atoms with E-state index in [1.54, 1.807) is 0 Å². The van der Waals surface area contributed by atoms with Crippen molar-refractivity contribution in [2.24, 2.45) is 0 Å². The summed E-state index contributed by atoms with van der Waals surface area (Å²) in [4.78, 5) is 0. The fraction of sp³-hybridized carbons (Fsp3) is 0. The second-order valence-corrected chi connectivity index (χ2v) is 1.68. The van der Waals surface area contributed by atoms with Crippen LogP contribution in [-0.4, -0.2) is 0 Å². The van der Waals surface area contributed by atoms with E-state index in [0.29, 0.717) is 0 Å². The van der Waals surface area contributed by atoms with Crippen LogP contribution < -0.4 is 8.32 Å². The van der Waals surface area contributed by atoms with Crippen LogP contribution in [-0.2, 0) is 21.2 Å². The molecule has 4 nitrogen and oxygen atoms in total. The summed E-state index contributed by atoms with van der Waals surface area (Å²) >= 11 is -5.75. The van der Waals surface area contributed by atoms with Crippen LogP contribution in [0.1, 0.15) is 0 Å². The van der Waals surface area contributed by atoms with Gasteiger partial charge >= 0.3 is 29.5 Å². The van der Waals surface area contributed by atoms with Gasteiger partial charge in [-0.3, -0.25) is 0 Å². The van der Waals surface area contributed by atoms with E-state index in [4.69, 9.17) is 15.9 Å². The van der Waals surface area contributed by atoms with E-state index < -0.39 is 13.6 Å². The van der Waals surface area contributed by atoms with Crippen molar-refractivity contribution < 1.29 is 29.5 Å². The Labute approximate surface area is 30.4 Å². The van der Waals surface area contributed by atoms with Gasteiger partial charge < -0.3 is 0 Å². The Kier molecular flexibility index (Phi) is 1.04.